The average Bonchev–Trinajstić information content (AvgIpc) is 3.33. The van der Waals surface area contributed by atoms with Crippen molar-refractivity contribution in [1.29, 1.82) is 0 Å². The van der Waals surface area contributed by atoms with Crippen molar-refractivity contribution in [2.45, 2.75) is 18.8 Å². The van der Waals surface area contributed by atoms with E-state index in [1.54, 1.807) is 24.7 Å². The Labute approximate surface area is 197 Å². The SMILES string of the molecule is O=C(Nc1cnc(-n2nccn2)c(Cl)c1)c1snc(-c2cccc3ncccc23)c1C1CC1. The number of carbonyl (C=O) groups excluding carboxylic acids is 1. The van der Waals surface area contributed by atoms with E-state index in [-0.39, 0.29) is 5.91 Å². The van der Waals surface area contributed by atoms with E-state index in [9.17, 15) is 4.79 Å². The van der Waals surface area contributed by atoms with Gasteiger partial charge in [0.15, 0.2) is 5.82 Å². The van der Waals surface area contributed by atoms with Crippen molar-refractivity contribution < 1.29 is 4.79 Å². The number of hydrogen-bond acceptors (Lipinski definition) is 7. The Hall–Kier alpha value is -3.69. The van der Waals surface area contributed by atoms with Crippen LogP contribution in [0.1, 0.15) is 34.0 Å². The number of hydrogen-bond donors (Lipinski definition) is 1. The molecule has 0 atom stereocenters. The fourth-order valence-corrected chi connectivity index (χ4v) is 4.99. The van der Waals surface area contributed by atoms with E-state index in [0.29, 0.717) is 27.3 Å². The third kappa shape index (κ3) is 3.65. The number of aromatic nitrogens is 6. The van der Waals surface area contributed by atoms with Crippen LogP contribution in [-0.2, 0) is 0 Å². The number of halogens is 1. The average molecular weight is 474 g/mol. The van der Waals surface area contributed by atoms with E-state index in [1.807, 2.05) is 30.3 Å². The molecular formula is C23H16ClN7OS. The summed E-state index contributed by atoms with van der Waals surface area (Å²) in [7, 11) is 0. The highest BCUT2D eigenvalue weighted by atomic mass is 35.5. The Bertz CT molecular complexity index is 1490. The van der Waals surface area contributed by atoms with Gasteiger partial charge in [0.1, 0.15) is 4.88 Å². The van der Waals surface area contributed by atoms with Gasteiger partial charge in [-0.1, -0.05) is 29.8 Å². The second-order valence-electron chi connectivity index (χ2n) is 7.73. The Morgan fingerprint density at radius 2 is 1.94 bits per heavy atom. The monoisotopic (exact) mass is 473 g/mol. The minimum atomic E-state index is -0.221. The van der Waals surface area contributed by atoms with Gasteiger partial charge in [-0.3, -0.25) is 9.78 Å². The molecule has 5 aromatic rings. The molecule has 0 bridgehead atoms. The third-order valence-corrected chi connectivity index (χ3v) is 6.65. The number of fused-ring (bicyclic) bond motifs is 1. The first kappa shape index (κ1) is 20.0. The zero-order valence-electron chi connectivity index (χ0n) is 17.1. The van der Waals surface area contributed by atoms with Crippen LogP contribution in [0.4, 0.5) is 5.69 Å². The van der Waals surface area contributed by atoms with Crippen molar-refractivity contribution in [3.8, 4) is 17.1 Å². The first-order chi connectivity index (χ1) is 16.2. The van der Waals surface area contributed by atoms with Crippen molar-refractivity contribution in [1.82, 2.24) is 29.3 Å². The lowest BCUT2D eigenvalue weighted by molar-refractivity contribution is 0.102. The van der Waals surface area contributed by atoms with Gasteiger partial charge in [-0.2, -0.15) is 14.6 Å². The lowest BCUT2D eigenvalue weighted by atomic mass is 9.99. The smallest absolute Gasteiger partial charge is 0.267 e. The molecule has 1 aromatic carbocycles. The van der Waals surface area contributed by atoms with Crippen LogP contribution in [0.5, 0.6) is 0 Å². The second kappa shape index (κ2) is 8.02. The third-order valence-electron chi connectivity index (χ3n) is 5.51. The van der Waals surface area contributed by atoms with Gasteiger partial charge in [-0.15, -0.1) is 4.80 Å². The van der Waals surface area contributed by atoms with E-state index < -0.39 is 0 Å². The van der Waals surface area contributed by atoms with Gasteiger partial charge in [0.05, 0.1) is 40.5 Å². The molecule has 1 amide bonds. The van der Waals surface area contributed by atoms with Gasteiger partial charge < -0.3 is 5.32 Å². The summed E-state index contributed by atoms with van der Waals surface area (Å²) in [4.78, 5) is 23.9. The topological polar surface area (TPSA) is 98.5 Å². The number of pyridine rings is 2. The minimum absolute atomic E-state index is 0.221. The zero-order valence-corrected chi connectivity index (χ0v) is 18.7. The van der Waals surface area contributed by atoms with Gasteiger partial charge in [0.2, 0.25) is 0 Å². The number of carbonyl (C=O) groups is 1. The van der Waals surface area contributed by atoms with Crippen molar-refractivity contribution in [2.24, 2.45) is 0 Å². The van der Waals surface area contributed by atoms with Crippen molar-refractivity contribution >= 4 is 45.6 Å². The molecule has 6 rings (SSSR count). The molecule has 1 aliphatic rings. The van der Waals surface area contributed by atoms with Crippen LogP contribution in [0.2, 0.25) is 5.02 Å². The highest BCUT2D eigenvalue weighted by molar-refractivity contribution is 7.08. The van der Waals surface area contributed by atoms with E-state index in [2.05, 4.69) is 25.5 Å². The van der Waals surface area contributed by atoms with Gasteiger partial charge in [0.25, 0.3) is 5.91 Å². The maximum absolute atomic E-state index is 13.2. The summed E-state index contributed by atoms with van der Waals surface area (Å²) >= 11 is 7.57. The van der Waals surface area contributed by atoms with Crippen molar-refractivity contribution in [2.75, 3.05) is 5.32 Å². The predicted octanol–water partition coefficient (Wildman–Crippen LogP) is 5.12. The summed E-state index contributed by atoms with van der Waals surface area (Å²) in [6.07, 6.45) is 8.50. The molecule has 1 aliphatic carbocycles. The molecule has 8 nitrogen and oxygen atoms in total. The molecule has 0 unspecified atom stereocenters. The predicted molar refractivity (Wildman–Crippen MR) is 127 cm³/mol. The van der Waals surface area contributed by atoms with Crippen molar-refractivity contribution in [3.05, 3.63) is 76.6 Å². The largest absolute Gasteiger partial charge is 0.320 e. The Balaban J connectivity index is 1.35. The summed E-state index contributed by atoms with van der Waals surface area (Å²) in [5.41, 5.74) is 4.27. The van der Waals surface area contributed by atoms with Crippen LogP contribution in [0.25, 0.3) is 28.0 Å². The number of rotatable bonds is 5. The summed E-state index contributed by atoms with van der Waals surface area (Å²) in [5.74, 6) is 0.506. The van der Waals surface area contributed by atoms with E-state index >= 15 is 0 Å². The van der Waals surface area contributed by atoms with E-state index in [1.165, 1.54) is 22.5 Å². The minimum Gasteiger partial charge on any atom is -0.320 e. The van der Waals surface area contributed by atoms with Crippen LogP contribution in [0.3, 0.4) is 0 Å². The number of nitrogens with zero attached hydrogens (tertiary/aromatic N) is 6. The molecule has 10 heteroatoms. The lowest BCUT2D eigenvalue weighted by Gasteiger charge is -2.09. The molecule has 0 aliphatic heterocycles. The fraction of sp³-hybridized carbons (Fsp3) is 0.130. The summed E-state index contributed by atoms with van der Waals surface area (Å²) in [6, 6.07) is 11.6. The van der Waals surface area contributed by atoms with Crippen LogP contribution in [0.15, 0.2) is 61.2 Å². The van der Waals surface area contributed by atoms with Crippen LogP contribution in [0, 0.1) is 0 Å². The molecule has 162 valence electrons. The van der Waals surface area contributed by atoms with Gasteiger partial charge in [-0.05, 0) is 48.5 Å². The summed E-state index contributed by atoms with van der Waals surface area (Å²) in [6.45, 7) is 0. The lowest BCUT2D eigenvalue weighted by Crippen LogP contribution is -2.13. The number of benzene rings is 1. The van der Waals surface area contributed by atoms with Gasteiger partial charge >= 0.3 is 0 Å². The quantitative estimate of drug-likeness (QED) is 0.380. The first-order valence-electron chi connectivity index (χ1n) is 10.4. The zero-order chi connectivity index (χ0) is 22.4. The molecule has 0 saturated heterocycles. The Morgan fingerprint density at radius 3 is 2.73 bits per heavy atom. The Kier molecular flexibility index (Phi) is 4.85. The fourth-order valence-electron chi connectivity index (χ4n) is 3.87. The van der Waals surface area contributed by atoms with E-state index in [4.69, 9.17) is 16.0 Å². The molecule has 4 aromatic heterocycles. The normalized spacial score (nSPS) is 13.4. The molecule has 0 spiro atoms. The number of amides is 1. The molecule has 33 heavy (non-hydrogen) atoms. The maximum Gasteiger partial charge on any atom is 0.267 e. The van der Waals surface area contributed by atoms with E-state index in [0.717, 1.165) is 40.6 Å². The summed E-state index contributed by atoms with van der Waals surface area (Å²) < 4.78 is 4.72. The molecule has 1 N–H and O–H groups in total. The van der Waals surface area contributed by atoms with Gasteiger partial charge in [-0.25, -0.2) is 4.98 Å². The molecule has 0 radical (unpaired) electrons. The van der Waals surface area contributed by atoms with Crippen molar-refractivity contribution in [3.63, 3.8) is 0 Å². The highest BCUT2D eigenvalue weighted by Crippen LogP contribution is 2.48. The number of anilines is 1. The van der Waals surface area contributed by atoms with Crippen LogP contribution >= 0.6 is 23.1 Å². The van der Waals surface area contributed by atoms with Crippen LogP contribution < -0.4 is 5.32 Å². The summed E-state index contributed by atoms with van der Waals surface area (Å²) in [5, 5.41) is 12.4. The maximum atomic E-state index is 13.2. The molecule has 1 fully saturated rings. The molecule has 4 heterocycles. The van der Waals surface area contributed by atoms with Gasteiger partial charge in [0, 0.05) is 22.7 Å². The number of nitrogens with one attached hydrogen (secondary N) is 1. The molecule has 1 saturated carbocycles. The standard InChI is InChI=1S/C23H16ClN7OS/c24-17-11-14(12-26-22(17)31-27-9-10-28-31)29-23(32)21-19(13-6-7-13)20(30-33-21)16-3-1-5-18-15(16)4-2-8-25-18/h1-5,8-13H,6-7H2,(H,29,32). The molecular weight excluding hydrogens is 458 g/mol. The highest BCUT2D eigenvalue weighted by Gasteiger charge is 2.34. The first-order valence-corrected chi connectivity index (χ1v) is 11.5. The van der Waals surface area contributed by atoms with Crippen LogP contribution in [-0.4, -0.2) is 35.2 Å². The Morgan fingerprint density at radius 1 is 1.09 bits per heavy atom. The second-order valence-corrected chi connectivity index (χ2v) is 8.91.